The minimum absolute atomic E-state index is 0.189. The first-order chi connectivity index (χ1) is 8.90. The minimum atomic E-state index is -0.992. The summed E-state index contributed by atoms with van der Waals surface area (Å²) in [7, 11) is 0. The Morgan fingerprint density at radius 3 is 2.79 bits per heavy atom. The van der Waals surface area contributed by atoms with E-state index in [0.717, 1.165) is 5.01 Å². The number of aromatic nitrogens is 1. The Kier molecular flexibility index (Phi) is 3.78. The van der Waals surface area contributed by atoms with Crippen LogP contribution >= 0.6 is 22.9 Å². The van der Waals surface area contributed by atoms with Gasteiger partial charge in [0.25, 0.3) is 0 Å². The fourth-order valence-corrected chi connectivity index (χ4v) is 2.62. The van der Waals surface area contributed by atoms with Crippen LogP contribution in [0, 0.1) is 0 Å². The summed E-state index contributed by atoms with van der Waals surface area (Å²) in [6, 6.07) is 4.66. The summed E-state index contributed by atoms with van der Waals surface area (Å²) >= 11 is 7.44. The molecular formula is C13H13ClN2O2S. The Balaban J connectivity index is 2.38. The van der Waals surface area contributed by atoms with Crippen molar-refractivity contribution in [3.05, 3.63) is 45.4 Å². The standard InChI is InChI=1S/C13H13ClN2O2S/c1-13(2,12-15-5-6-19-12)16-10-7-8(14)3-4-9(10)11(17)18/h3-7,16H,1-2H3,(H,17,18). The maximum absolute atomic E-state index is 11.2. The van der Waals surface area contributed by atoms with E-state index >= 15 is 0 Å². The van der Waals surface area contributed by atoms with Gasteiger partial charge < -0.3 is 10.4 Å². The fourth-order valence-electron chi connectivity index (χ4n) is 1.73. The van der Waals surface area contributed by atoms with Crippen LogP contribution in [0.4, 0.5) is 5.69 Å². The summed E-state index contributed by atoms with van der Waals surface area (Å²) in [5.74, 6) is -0.992. The predicted octanol–water partition coefficient (Wildman–Crippen LogP) is 3.84. The maximum atomic E-state index is 11.2. The summed E-state index contributed by atoms with van der Waals surface area (Å²) in [4.78, 5) is 15.5. The molecule has 0 aliphatic rings. The number of nitrogens with zero attached hydrogens (tertiary/aromatic N) is 1. The van der Waals surface area contributed by atoms with E-state index in [4.69, 9.17) is 11.6 Å². The van der Waals surface area contributed by atoms with Crippen molar-refractivity contribution in [2.45, 2.75) is 19.4 Å². The van der Waals surface area contributed by atoms with E-state index in [2.05, 4.69) is 10.3 Å². The van der Waals surface area contributed by atoms with Crippen molar-refractivity contribution >= 4 is 34.6 Å². The molecule has 19 heavy (non-hydrogen) atoms. The second-order valence-corrected chi connectivity index (χ2v) is 5.91. The Labute approximate surface area is 120 Å². The average molecular weight is 297 g/mol. The Morgan fingerprint density at radius 1 is 1.47 bits per heavy atom. The molecule has 0 radical (unpaired) electrons. The number of carbonyl (C=O) groups is 1. The lowest BCUT2D eigenvalue weighted by atomic mass is 10.0. The van der Waals surface area contributed by atoms with Crippen LogP contribution in [0.3, 0.4) is 0 Å². The van der Waals surface area contributed by atoms with E-state index in [1.54, 1.807) is 18.3 Å². The van der Waals surface area contributed by atoms with Crippen LogP contribution in [0.2, 0.25) is 5.02 Å². The van der Waals surface area contributed by atoms with Gasteiger partial charge in [0.1, 0.15) is 5.01 Å². The maximum Gasteiger partial charge on any atom is 0.337 e. The highest BCUT2D eigenvalue weighted by Crippen LogP contribution is 2.30. The first-order valence-electron chi connectivity index (χ1n) is 5.61. The van der Waals surface area contributed by atoms with Crippen LogP contribution < -0.4 is 5.32 Å². The largest absolute Gasteiger partial charge is 0.478 e. The van der Waals surface area contributed by atoms with Crippen molar-refractivity contribution in [2.24, 2.45) is 0 Å². The van der Waals surface area contributed by atoms with Gasteiger partial charge >= 0.3 is 5.97 Å². The van der Waals surface area contributed by atoms with Crippen molar-refractivity contribution in [3.8, 4) is 0 Å². The molecule has 1 aromatic heterocycles. The monoisotopic (exact) mass is 296 g/mol. The molecule has 0 atom stereocenters. The molecule has 0 fully saturated rings. The molecule has 0 spiro atoms. The van der Waals surface area contributed by atoms with E-state index in [9.17, 15) is 9.90 Å². The molecule has 0 saturated heterocycles. The van der Waals surface area contributed by atoms with Crippen LogP contribution in [0.15, 0.2) is 29.8 Å². The van der Waals surface area contributed by atoms with Gasteiger partial charge in [-0.25, -0.2) is 9.78 Å². The number of nitrogens with one attached hydrogen (secondary N) is 1. The van der Waals surface area contributed by atoms with Crippen molar-refractivity contribution in [1.29, 1.82) is 0 Å². The molecular weight excluding hydrogens is 284 g/mol. The third kappa shape index (κ3) is 3.05. The Morgan fingerprint density at radius 2 is 2.21 bits per heavy atom. The quantitative estimate of drug-likeness (QED) is 0.900. The van der Waals surface area contributed by atoms with E-state index in [-0.39, 0.29) is 5.56 Å². The van der Waals surface area contributed by atoms with Crippen LogP contribution in [0.25, 0.3) is 0 Å². The van der Waals surface area contributed by atoms with Gasteiger partial charge in [-0.15, -0.1) is 11.3 Å². The highest BCUT2D eigenvalue weighted by atomic mass is 35.5. The summed E-state index contributed by atoms with van der Waals surface area (Å²) in [6.07, 6.45) is 1.72. The van der Waals surface area contributed by atoms with Gasteiger partial charge in [0, 0.05) is 16.6 Å². The second kappa shape index (κ2) is 5.19. The van der Waals surface area contributed by atoms with E-state index in [0.29, 0.717) is 10.7 Å². The first kappa shape index (κ1) is 13.8. The van der Waals surface area contributed by atoms with Gasteiger partial charge in [0.15, 0.2) is 0 Å². The van der Waals surface area contributed by atoms with Gasteiger partial charge in [-0.3, -0.25) is 0 Å². The van der Waals surface area contributed by atoms with Gasteiger partial charge in [-0.1, -0.05) is 11.6 Å². The van der Waals surface area contributed by atoms with Crippen LogP contribution in [-0.4, -0.2) is 16.1 Å². The molecule has 2 rings (SSSR count). The van der Waals surface area contributed by atoms with Crippen molar-refractivity contribution in [2.75, 3.05) is 5.32 Å². The number of carboxylic acid groups (broad SMARTS) is 1. The van der Waals surface area contributed by atoms with E-state index in [1.807, 2.05) is 19.2 Å². The molecule has 0 amide bonds. The molecule has 0 aliphatic carbocycles. The lowest BCUT2D eigenvalue weighted by Crippen LogP contribution is -2.28. The zero-order chi connectivity index (χ0) is 14.0. The number of aromatic carboxylic acids is 1. The summed E-state index contributed by atoms with van der Waals surface area (Å²) < 4.78 is 0. The van der Waals surface area contributed by atoms with E-state index < -0.39 is 11.5 Å². The number of carboxylic acids is 1. The normalized spacial score (nSPS) is 11.3. The van der Waals surface area contributed by atoms with Crippen LogP contribution in [0.5, 0.6) is 0 Å². The number of halogens is 1. The van der Waals surface area contributed by atoms with Gasteiger partial charge in [-0.2, -0.15) is 0 Å². The highest BCUT2D eigenvalue weighted by Gasteiger charge is 2.25. The first-order valence-corrected chi connectivity index (χ1v) is 6.87. The summed E-state index contributed by atoms with van der Waals surface area (Å²) in [5.41, 5.74) is 0.206. The summed E-state index contributed by atoms with van der Waals surface area (Å²) in [6.45, 7) is 3.89. The number of anilines is 1. The van der Waals surface area contributed by atoms with Gasteiger partial charge in [-0.05, 0) is 32.0 Å². The molecule has 0 saturated carbocycles. The predicted molar refractivity (Wildman–Crippen MR) is 77.2 cm³/mol. The number of hydrogen-bond donors (Lipinski definition) is 2. The smallest absolute Gasteiger partial charge is 0.337 e. The van der Waals surface area contributed by atoms with Crippen molar-refractivity contribution in [3.63, 3.8) is 0 Å². The lowest BCUT2D eigenvalue weighted by molar-refractivity contribution is 0.0698. The Hall–Kier alpha value is -1.59. The Bertz CT molecular complexity index is 597. The minimum Gasteiger partial charge on any atom is -0.478 e. The molecule has 4 nitrogen and oxygen atoms in total. The molecule has 100 valence electrons. The van der Waals surface area contributed by atoms with Crippen molar-refractivity contribution in [1.82, 2.24) is 4.98 Å². The van der Waals surface area contributed by atoms with Crippen LogP contribution in [-0.2, 0) is 5.54 Å². The fraction of sp³-hybridized carbons (Fsp3) is 0.231. The zero-order valence-electron chi connectivity index (χ0n) is 10.5. The molecule has 2 aromatic rings. The molecule has 0 unspecified atom stereocenters. The van der Waals surface area contributed by atoms with Gasteiger partial charge in [0.05, 0.1) is 16.8 Å². The number of thiazole rings is 1. The molecule has 6 heteroatoms. The third-order valence-electron chi connectivity index (χ3n) is 2.63. The lowest BCUT2D eigenvalue weighted by Gasteiger charge is -2.26. The molecule has 2 N–H and O–H groups in total. The van der Waals surface area contributed by atoms with Crippen LogP contribution in [0.1, 0.15) is 29.2 Å². The van der Waals surface area contributed by atoms with Gasteiger partial charge in [0.2, 0.25) is 0 Å². The average Bonchev–Trinajstić information content (AvgIpc) is 2.81. The molecule has 1 heterocycles. The summed E-state index contributed by atoms with van der Waals surface area (Å²) in [5, 5.41) is 15.6. The number of hydrogen-bond acceptors (Lipinski definition) is 4. The molecule has 0 aliphatic heterocycles. The number of rotatable bonds is 4. The highest BCUT2D eigenvalue weighted by molar-refractivity contribution is 7.09. The van der Waals surface area contributed by atoms with E-state index in [1.165, 1.54) is 17.4 Å². The third-order valence-corrected chi connectivity index (χ3v) is 3.96. The SMILES string of the molecule is CC(C)(Nc1cc(Cl)ccc1C(=O)O)c1nccs1. The topological polar surface area (TPSA) is 62.2 Å². The number of benzene rings is 1. The van der Waals surface area contributed by atoms with Crippen molar-refractivity contribution < 1.29 is 9.90 Å². The molecule has 0 bridgehead atoms. The molecule has 1 aromatic carbocycles. The zero-order valence-corrected chi connectivity index (χ0v) is 12.0. The second-order valence-electron chi connectivity index (χ2n) is 4.58.